The highest BCUT2D eigenvalue weighted by molar-refractivity contribution is 7.88. The van der Waals surface area contributed by atoms with Gasteiger partial charge in [0.2, 0.25) is 10.0 Å². The SMILES string of the molecule is CCc1ccc2n(c1=O)C(Cc1cccc(-c3ccccc3)c1F)C(NS(C)(=O)=O)CC2. The summed E-state index contributed by atoms with van der Waals surface area (Å²) in [5, 5.41) is 0. The van der Waals surface area contributed by atoms with Crippen LogP contribution in [-0.4, -0.2) is 25.3 Å². The molecule has 0 amide bonds. The summed E-state index contributed by atoms with van der Waals surface area (Å²) < 4.78 is 44.0. The van der Waals surface area contributed by atoms with E-state index >= 15 is 4.39 Å². The molecule has 1 aromatic heterocycles. The van der Waals surface area contributed by atoms with Crippen molar-refractivity contribution in [3.8, 4) is 11.1 Å². The molecule has 0 radical (unpaired) electrons. The molecule has 2 heterocycles. The summed E-state index contributed by atoms with van der Waals surface area (Å²) in [4.78, 5) is 13.2. The minimum absolute atomic E-state index is 0.130. The van der Waals surface area contributed by atoms with Crippen LogP contribution in [0, 0.1) is 5.82 Å². The van der Waals surface area contributed by atoms with E-state index in [2.05, 4.69) is 4.72 Å². The second kappa shape index (κ2) is 9.00. The summed E-state index contributed by atoms with van der Waals surface area (Å²) in [6.07, 6.45) is 3.02. The van der Waals surface area contributed by atoms with Crippen LogP contribution in [0.25, 0.3) is 11.1 Å². The molecule has 1 N–H and O–H groups in total. The van der Waals surface area contributed by atoms with Gasteiger partial charge in [-0.25, -0.2) is 17.5 Å². The minimum Gasteiger partial charge on any atom is -0.307 e. The number of benzene rings is 2. The zero-order chi connectivity index (χ0) is 22.9. The zero-order valence-electron chi connectivity index (χ0n) is 18.2. The lowest BCUT2D eigenvalue weighted by Crippen LogP contribution is -2.48. The Bertz CT molecular complexity index is 1290. The molecule has 0 saturated carbocycles. The molecular weight excluding hydrogens is 427 g/mol. The third kappa shape index (κ3) is 4.54. The third-order valence-corrected chi connectivity index (χ3v) is 6.86. The van der Waals surface area contributed by atoms with Crippen molar-refractivity contribution in [2.45, 2.75) is 44.7 Å². The van der Waals surface area contributed by atoms with Crippen molar-refractivity contribution in [1.29, 1.82) is 0 Å². The van der Waals surface area contributed by atoms with Gasteiger partial charge in [0.1, 0.15) is 5.82 Å². The highest BCUT2D eigenvalue weighted by Gasteiger charge is 2.33. The monoisotopic (exact) mass is 454 g/mol. The molecule has 0 saturated heterocycles. The van der Waals surface area contributed by atoms with E-state index in [4.69, 9.17) is 0 Å². The average molecular weight is 455 g/mol. The number of aromatic nitrogens is 1. The lowest BCUT2D eigenvalue weighted by atomic mass is 9.89. The Balaban J connectivity index is 1.81. The lowest BCUT2D eigenvalue weighted by Gasteiger charge is -2.36. The molecule has 0 fully saturated rings. The highest BCUT2D eigenvalue weighted by atomic mass is 32.2. The zero-order valence-corrected chi connectivity index (χ0v) is 19.0. The predicted octanol–water partition coefficient (Wildman–Crippen LogP) is 3.86. The highest BCUT2D eigenvalue weighted by Crippen LogP contribution is 2.31. The van der Waals surface area contributed by atoms with E-state index < -0.39 is 22.1 Å². The molecule has 4 rings (SSSR count). The number of nitrogens with one attached hydrogen (secondary N) is 1. The first kappa shape index (κ1) is 22.4. The topological polar surface area (TPSA) is 68.2 Å². The summed E-state index contributed by atoms with van der Waals surface area (Å²) in [7, 11) is -3.50. The van der Waals surface area contributed by atoms with E-state index in [1.165, 1.54) is 0 Å². The first-order valence-electron chi connectivity index (χ1n) is 10.8. The van der Waals surface area contributed by atoms with E-state index in [1.54, 1.807) is 22.8 Å². The molecule has 7 heteroatoms. The maximum absolute atomic E-state index is 15.6. The van der Waals surface area contributed by atoms with Gasteiger partial charge in [-0.2, -0.15) is 0 Å². The molecule has 5 nitrogen and oxygen atoms in total. The second-order valence-corrected chi connectivity index (χ2v) is 10.1. The Kier molecular flexibility index (Phi) is 6.31. The lowest BCUT2D eigenvalue weighted by molar-refractivity contribution is 0.312. The van der Waals surface area contributed by atoms with Crippen LogP contribution in [0.1, 0.15) is 36.2 Å². The summed E-state index contributed by atoms with van der Waals surface area (Å²) >= 11 is 0. The number of halogens is 1. The fraction of sp³-hybridized carbons (Fsp3) is 0.320. The van der Waals surface area contributed by atoms with E-state index in [1.807, 2.05) is 49.4 Å². The van der Waals surface area contributed by atoms with E-state index in [9.17, 15) is 13.2 Å². The van der Waals surface area contributed by atoms with Crippen molar-refractivity contribution >= 4 is 10.0 Å². The average Bonchev–Trinajstić information content (AvgIpc) is 2.76. The fourth-order valence-electron chi connectivity index (χ4n) is 4.60. The van der Waals surface area contributed by atoms with Gasteiger partial charge >= 0.3 is 0 Å². The standard InChI is InChI=1S/C25H27FN2O3S/c1-3-17-12-13-20-14-15-22(27-32(2,30)31)23(28(20)25(17)29)16-19-10-7-11-21(24(19)26)18-8-5-4-6-9-18/h4-13,22-23,27H,3,14-16H2,1-2H3. The van der Waals surface area contributed by atoms with Gasteiger partial charge in [-0.3, -0.25) is 4.79 Å². The van der Waals surface area contributed by atoms with E-state index in [0.29, 0.717) is 36.0 Å². The van der Waals surface area contributed by atoms with Crippen molar-refractivity contribution in [3.63, 3.8) is 0 Å². The van der Waals surface area contributed by atoms with E-state index in [0.717, 1.165) is 17.5 Å². The van der Waals surface area contributed by atoms with Crippen LogP contribution in [0.2, 0.25) is 0 Å². The molecule has 0 bridgehead atoms. The Morgan fingerprint density at radius 1 is 1.03 bits per heavy atom. The number of sulfonamides is 1. The predicted molar refractivity (Wildman–Crippen MR) is 125 cm³/mol. The number of rotatable bonds is 6. The van der Waals surface area contributed by atoms with Crippen LogP contribution in [0.15, 0.2) is 65.5 Å². The van der Waals surface area contributed by atoms with Crippen molar-refractivity contribution in [3.05, 3.63) is 93.7 Å². The molecule has 1 aliphatic heterocycles. The number of hydrogen-bond donors (Lipinski definition) is 1. The van der Waals surface area contributed by atoms with Crippen LogP contribution in [-0.2, 0) is 29.3 Å². The van der Waals surface area contributed by atoms with Gasteiger partial charge in [0.15, 0.2) is 0 Å². The van der Waals surface area contributed by atoms with Crippen LogP contribution in [0.5, 0.6) is 0 Å². The largest absolute Gasteiger partial charge is 0.307 e. The molecule has 2 unspecified atom stereocenters. The van der Waals surface area contributed by atoms with Gasteiger partial charge in [0, 0.05) is 22.9 Å². The van der Waals surface area contributed by atoms with Gasteiger partial charge < -0.3 is 4.57 Å². The van der Waals surface area contributed by atoms with Gasteiger partial charge in [-0.1, -0.05) is 61.5 Å². The quantitative estimate of drug-likeness (QED) is 0.615. The van der Waals surface area contributed by atoms with Gasteiger partial charge in [0.25, 0.3) is 5.56 Å². The van der Waals surface area contributed by atoms with Crippen LogP contribution >= 0.6 is 0 Å². The molecule has 0 spiro atoms. The Hall–Kier alpha value is -2.77. The first-order chi connectivity index (χ1) is 15.3. The molecule has 168 valence electrons. The number of nitrogens with zero attached hydrogens (tertiary/aromatic N) is 1. The maximum Gasteiger partial charge on any atom is 0.254 e. The summed E-state index contributed by atoms with van der Waals surface area (Å²) in [5.41, 5.74) is 3.10. The Labute approximate surface area is 188 Å². The first-order valence-corrected chi connectivity index (χ1v) is 12.7. The fourth-order valence-corrected chi connectivity index (χ4v) is 5.42. The maximum atomic E-state index is 15.6. The molecule has 1 aliphatic rings. The number of hydrogen-bond acceptors (Lipinski definition) is 3. The van der Waals surface area contributed by atoms with Gasteiger partial charge in [-0.05, 0) is 42.9 Å². The molecule has 32 heavy (non-hydrogen) atoms. The minimum atomic E-state index is -3.50. The number of pyridine rings is 1. The Morgan fingerprint density at radius 2 is 1.78 bits per heavy atom. The normalized spacial score (nSPS) is 18.3. The molecule has 2 aromatic carbocycles. The van der Waals surface area contributed by atoms with Crippen molar-refractivity contribution in [2.75, 3.05) is 6.26 Å². The Morgan fingerprint density at radius 3 is 2.47 bits per heavy atom. The van der Waals surface area contributed by atoms with Crippen LogP contribution in [0.4, 0.5) is 4.39 Å². The van der Waals surface area contributed by atoms with Gasteiger partial charge in [0.05, 0.1) is 12.3 Å². The molecule has 3 aromatic rings. The molecule has 2 atom stereocenters. The number of fused-ring (bicyclic) bond motifs is 1. The van der Waals surface area contributed by atoms with Crippen LogP contribution in [0.3, 0.4) is 0 Å². The summed E-state index contributed by atoms with van der Waals surface area (Å²) in [6.45, 7) is 1.91. The van der Waals surface area contributed by atoms with Crippen molar-refractivity contribution in [1.82, 2.24) is 9.29 Å². The van der Waals surface area contributed by atoms with E-state index in [-0.39, 0.29) is 17.8 Å². The number of aryl methyl sites for hydroxylation is 2. The van der Waals surface area contributed by atoms with Crippen LogP contribution < -0.4 is 10.3 Å². The molecule has 0 aliphatic carbocycles. The summed E-state index contributed by atoms with van der Waals surface area (Å²) in [6, 6.07) is 17.3. The third-order valence-electron chi connectivity index (χ3n) is 6.13. The van der Waals surface area contributed by atoms with Gasteiger partial charge in [-0.15, -0.1) is 0 Å². The second-order valence-electron chi connectivity index (χ2n) is 8.33. The smallest absolute Gasteiger partial charge is 0.254 e. The van der Waals surface area contributed by atoms with Crippen molar-refractivity contribution < 1.29 is 12.8 Å². The molecular formula is C25H27FN2O3S. The van der Waals surface area contributed by atoms with Crippen molar-refractivity contribution in [2.24, 2.45) is 0 Å². The summed E-state index contributed by atoms with van der Waals surface area (Å²) in [5.74, 6) is -0.344.